The fourth-order valence-corrected chi connectivity index (χ4v) is 8.21. The lowest BCUT2D eigenvalue weighted by atomic mass is 10.1. The van der Waals surface area contributed by atoms with Crippen molar-refractivity contribution in [2.24, 2.45) is 0 Å². The Hall–Kier alpha value is -1.72. The summed E-state index contributed by atoms with van der Waals surface area (Å²) in [6.45, 7) is 10.8. The van der Waals surface area contributed by atoms with Gasteiger partial charge in [-0.1, -0.05) is 87.5 Å². The number of benzene rings is 2. The van der Waals surface area contributed by atoms with Crippen LogP contribution >= 0.6 is 0 Å². The molecule has 27 heavy (non-hydrogen) atoms. The van der Waals surface area contributed by atoms with Gasteiger partial charge >= 0.3 is 0 Å². The van der Waals surface area contributed by atoms with Crippen molar-refractivity contribution in [3.05, 3.63) is 73.3 Å². The molecule has 2 aromatic rings. The van der Waals surface area contributed by atoms with E-state index in [4.69, 9.17) is 4.43 Å². The largest absolute Gasteiger partial charge is 0.407 e. The van der Waals surface area contributed by atoms with Crippen molar-refractivity contribution in [3.63, 3.8) is 0 Å². The van der Waals surface area contributed by atoms with Crippen molar-refractivity contribution in [1.82, 2.24) is 0 Å². The highest BCUT2D eigenvalue weighted by atomic mass is 28.4. The molecule has 0 radical (unpaired) electrons. The van der Waals surface area contributed by atoms with Gasteiger partial charge in [0, 0.05) is 6.61 Å². The lowest BCUT2D eigenvalue weighted by Gasteiger charge is -2.43. The summed E-state index contributed by atoms with van der Waals surface area (Å²) in [7, 11) is -2.52. The van der Waals surface area contributed by atoms with E-state index in [-0.39, 0.29) is 5.04 Å². The van der Waals surface area contributed by atoms with Gasteiger partial charge in [0.2, 0.25) is 0 Å². The quantitative estimate of drug-likeness (QED) is 0.396. The highest BCUT2D eigenvalue weighted by molar-refractivity contribution is 6.99. The standard InChI is InChI=1S/C23H32O3Si/c1-5-21(24)22(25)17-12-18-26-27(23(2,3)4,19-13-8-6-9-14-19)20-15-10-7-11-16-20/h5-11,13-16,21-22,24-25H,1,12,17-18H2,2-4H3/t21-,22-/m0/s1. The second-order valence-electron chi connectivity index (χ2n) is 7.95. The maximum Gasteiger partial charge on any atom is 0.261 e. The summed E-state index contributed by atoms with van der Waals surface area (Å²) in [5, 5.41) is 22.1. The first kappa shape index (κ1) is 21.6. The molecule has 0 saturated heterocycles. The number of aliphatic hydroxyl groups excluding tert-OH is 2. The van der Waals surface area contributed by atoms with Gasteiger partial charge in [-0.2, -0.15) is 0 Å². The van der Waals surface area contributed by atoms with Gasteiger partial charge in [-0.15, -0.1) is 6.58 Å². The highest BCUT2D eigenvalue weighted by Gasteiger charge is 2.49. The third-order valence-corrected chi connectivity index (χ3v) is 10.1. The molecule has 0 bridgehead atoms. The minimum absolute atomic E-state index is 0.0606. The molecule has 0 spiro atoms. The molecule has 0 amide bonds. The van der Waals surface area contributed by atoms with Gasteiger partial charge in [0.1, 0.15) is 0 Å². The maximum absolute atomic E-state index is 9.98. The van der Waals surface area contributed by atoms with Gasteiger partial charge in [-0.25, -0.2) is 0 Å². The van der Waals surface area contributed by atoms with Crippen LogP contribution in [0.4, 0.5) is 0 Å². The average Bonchev–Trinajstić information content (AvgIpc) is 2.67. The van der Waals surface area contributed by atoms with E-state index in [2.05, 4.69) is 75.9 Å². The smallest absolute Gasteiger partial charge is 0.261 e. The molecule has 0 aromatic heterocycles. The molecule has 0 saturated carbocycles. The topological polar surface area (TPSA) is 49.7 Å². The van der Waals surface area contributed by atoms with Crippen molar-refractivity contribution in [3.8, 4) is 0 Å². The molecule has 0 unspecified atom stereocenters. The number of hydrogen-bond acceptors (Lipinski definition) is 3. The summed E-state index contributed by atoms with van der Waals surface area (Å²) in [5.41, 5.74) is 0. The first-order chi connectivity index (χ1) is 12.8. The molecule has 2 rings (SSSR count). The lowest BCUT2D eigenvalue weighted by molar-refractivity contribution is 0.0393. The fraction of sp³-hybridized carbons (Fsp3) is 0.391. The molecular formula is C23H32O3Si. The summed E-state index contributed by atoms with van der Waals surface area (Å²) in [6.07, 6.45) is 0.832. The van der Waals surface area contributed by atoms with Gasteiger partial charge in [-0.3, -0.25) is 0 Å². The predicted octanol–water partition coefficient (Wildman–Crippen LogP) is 3.25. The van der Waals surface area contributed by atoms with E-state index < -0.39 is 20.5 Å². The molecule has 0 aliphatic heterocycles. The lowest BCUT2D eigenvalue weighted by Crippen LogP contribution is -2.66. The Morgan fingerprint density at radius 3 is 1.85 bits per heavy atom. The van der Waals surface area contributed by atoms with Gasteiger partial charge in [0.25, 0.3) is 8.32 Å². The van der Waals surface area contributed by atoms with E-state index in [1.165, 1.54) is 16.4 Å². The zero-order chi connectivity index (χ0) is 19.9. The molecule has 3 nitrogen and oxygen atoms in total. The first-order valence-electron chi connectivity index (χ1n) is 9.56. The number of aliphatic hydroxyl groups is 2. The Kier molecular flexibility index (Phi) is 7.56. The van der Waals surface area contributed by atoms with Crippen LogP contribution in [0.3, 0.4) is 0 Å². The van der Waals surface area contributed by atoms with E-state index >= 15 is 0 Å². The maximum atomic E-state index is 9.98. The zero-order valence-electron chi connectivity index (χ0n) is 16.6. The Bertz CT molecular complexity index is 655. The van der Waals surface area contributed by atoms with Crippen LogP contribution in [0, 0.1) is 0 Å². The van der Waals surface area contributed by atoms with Crippen molar-refractivity contribution in [2.45, 2.75) is 50.9 Å². The zero-order valence-corrected chi connectivity index (χ0v) is 17.6. The summed E-state index contributed by atoms with van der Waals surface area (Å²) < 4.78 is 6.75. The summed E-state index contributed by atoms with van der Waals surface area (Å²) in [6, 6.07) is 21.0. The van der Waals surface area contributed by atoms with Crippen molar-refractivity contribution < 1.29 is 14.6 Å². The predicted molar refractivity (Wildman–Crippen MR) is 115 cm³/mol. The third kappa shape index (κ3) is 4.96. The van der Waals surface area contributed by atoms with Crippen LogP contribution < -0.4 is 10.4 Å². The van der Waals surface area contributed by atoms with Crippen LogP contribution in [-0.4, -0.2) is 37.3 Å². The molecule has 2 atom stereocenters. The van der Waals surface area contributed by atoms with Crippen LogP contribution in [0.2, 0.25) is 5.04 Å². The Morgan fingerprint density at radius 2 is 1.44 bits per heavy atom. The van der Waals surface area contributed by atoms with E-state index in [9.17, 15) is 10.2 Å². The minimum atomic E-state index is -2.52. The second-order valence-corrected chi connectivity index (χ2v) is 12.3. The third-order valence-electron chi connectivity index (χ3n) is 5.02. The summed E-state index contributed by atoms with van der Waals surface area (Å²) >= 11 is 0. The SMILES string of the molecule is C=C[C@H](O)[C@@H](O)CCCO[Si](c1ccccc1)(c1ccccc1)C(C)(C)C. The van der Waals surface area contributed by atoms with E-state index in [0.717, 1.165) is 0 Å². The van der Waals surface area contributed by atoms with Crippen LogP contribution in [0.1, 0.15) is 33.6 Å². The molecular weight excluding hydrogens is 352 g/mol. The van der Waals surface area contributed by atoms with Gasteiger partial charge in [0.05, 0.1) is 12.2 Å². The summed E-state index contributed by atoms with van der Waals surface area (Å²) in [4.78, 5) is 0. The van der Waals surface area contributed by atoms with Crippen LogP contribution in [0.5, 0.6) is 0 Å². The molecule has 0 fully saturated rings. The monoisotopic (exact) mass is 384 g/mol. The molecule has 146 valence electrons. The van der Waals surface area contributed by atoms with Crippen molar-refractivity contribution in [1.29, 1.82) is 0 Å². The van der Waals surface area contributed by atoms with Crippen LogP contribution in [0.25, 0.3) is 0 Å². The van der Waals surface area contributed by atoms with Gasteiger partial charge < -0.3 is 14.6 Å². The fourth-order valence-electron chi connectivity index (χ4n) is 3.61. The van der Waals surface area contributed by atoms with Gasteiger partial charge in [-0.05, 0) is 28.3 Å². The molecule has 2 N–H and O–H groups in total. The normalized spacial score (nSPS) is 14.6. The Balaban J connectivity index is 2.31. The molecule has 4 heteroatoms. The van der Waals surface area contributed by atoms with Gasteiger partial charge in [0.15, 0.2) is 0 Å². The van der Waals surface area contributed by atoms with E-state index in [0.29, 0.717) is 19.4 Å². The molecule has 0 aliphatic carbocycles. The molecule has 0 aliphatic rings. The minimum Gasteiger partial charge on any atom is -0.407 e. The first-order valence-corrected chi connectivity index (χ1v) is 11.5. The van der Waals surface area contributed by atoms with Crippen molar-refractivity contribution in [2.75, 3.05) is 6.61 Å². The van der Waals surface area contributed by atoms with E-state index in [1.807, 2.05) is 12.1 Å². The molecule has 2 aromatic carbocycles. The van der Waals surface area contributed by atoms with E-state index in [1.54, 1.807) is 0 Å². The van der Waals surface area contributed by atoms with Crippen LogP contribution in [-0.2, 0) is 4.43 Å². The Morgan fingerprint density at radius 1 is 0.963 bits per heavy atom. The molecule has 0 heterocycles. The number of hydrogen-bond donors (Lipinski definition) is 2. The van der Waals surface area contributed by atoms with Crippen LogP contribution in [0.15, 0.2) is 73.3 Å². The second kappa shape index (κ2) is 9.47. The average molecular weight is 385 g/mol. The Labute approximate surface area is 164 Å². The highest BCUT2D eigenvalue weighted by Crippen LogP contribution is 2.36. The number of rotatable bonds is 9. The van der Waals surface area contributed by atoms with Crippen molar-refractivity contribution >= 4 is 18.7 Å². The summed E-state index contributed by atoms with van der Waals surface area (Å²) in [5.74, 6) is 0.